The van der Waals surface area contributed by atoms with Crippen molar-refractivity contribution in [3.63, 3.8) is 0 Å². The van der Waals surface area contributed by atoms with Gasteiger partial charge in [-0.2, -0.15) is 0 Å². The fourth-order valence-corrected chi connectivity index (χ4v) is 3.32. The lowest BCUT2D eigenvalue weighted by atomic mass is 10.2. The highest BCUT2D eigenvalue weighted by atomic mass is 16.6. The Bertz CT molecular complexity index is 945. The molecule has 1 amide bonds. The van der Waals surface area contributed by atoms with E-state index in [9.17, 15) is 4.79 Å². The molecule has 5 nitrogen and oxygen atoms in total. The van der Waals surface area contributed by atoms with Gasteiger partial charge in [0.15, 0.2) is 11.5 Å². The van der Waals surface area contributed by atoms with Crippen molar-refractivity contribution < 1.29 is 14.3 Å². The molecule has 0 radical (unpaired) electrons. The van der Waals surface area contributed by atoms with E-state index in [2.05, 4.69) is 34.5 Å². The number of nitrogens with zero attached hydrogens (tertiary/aromatic N) is 1. The van der Waals surface area contributed by atoms with Crippen LogP contribution in [0.4, 0.5) is 11.4 Å². The molecule has 0 aromatic heterocycles. The van der Waals surface area contributed by atoms with Gasteiger partial charge in [-0.1, -0.05) is 48.5 Å². The molecule has 0 saturated carbocycles. The van der Waals surface area contributed by atoms with Crippen molar-refractivity contribution in [3.8, 4) is 11.5 Å². The van der Waals surface area contributed by atoms with Gasteiger partial charge in [-0.25, -0.2) is 0 Å². The highest BCUT2D eigenvalue weighted by Gasteiger charge is 2.14. The van der Waals surface area contributed by atoms with Crippen LogP contribution in [0.5, 0.6) is 11.5 Å². The number of fused-ring (bicyclic) bond motifs is 1. The first-order chi connectivity index (χ1) is 14.3. The van der Waals surface area contributed by atoms with E-state index in [1.165, 1.54) is 5.56 Å². The molecule has 1 N–H and O–H groups in total. The first kappa shape index (κ1) is 18.9. The summed E-state index contributed by atoms with van der Waals surface area (Å²) in [4.78, 5) is 14.8. The third kappa shape index (κ3) is 5.08. The number of para-hydroxylation sites is 1. The van der Waals surface area contributed by atoms with Crippen molar-refractivity contribution in [2.45, 2.75) is 13.0 Å². The summed E-state index contributed by atoms with van der Waals surface area (Å²) in [6, 6.07) is 25.9. The molecule has 0 unspecified atom stereocenters. The van der Waals surface area contributed by atoms with Crippen LogP contribution in [0, 0.1) is 0 Å². The summed E-state index contributed by atoms with van der Waals surface area (Å²) < 4.78 is 11.1. The number of carbonyl (C=O) groups is 1. The molecule has 148 valence electrons. The third-order valence-electron chi connectivity index (χ3n) is 4.77. The van der Waals surface area contributed by atoms with E-state index in [1.54, 1.807) is 0 Å². The van der Waals surface area contributed by atoms with Gasteiger partial charge in [-0.05, 0) is 29.8 Å². The number of hydrogen-bond donors (Lipinski definition) is 1. The van der Waals surface area contributed by atoms with Crippen LogP contribution < -0.4 is 19.7 Å². The number of hydrogen-bond acceptors (Lipinski definition) is 4. The second-order valence-corrected chi connectivity index (χ2v) is 6.90. The van der Waals surface area contributed by atoms with Gasteiger partial charge in [0.05, 0.1) is 0 Å². The highest BCUT2D eigenvalue weighted by Crippen LogP contribution is 2.32. The first-order valence-corrected chi connectivity index (χ1v) is 9.81. The van der Waals surface area contributed by atoms with Crippen LogP contribution >= 0.6 is 0 Å². The van der Waals surface area contributed by atoms with Crippen molar-refractivity contribution in [3.05, 3.63) is 84.4 Å². The molecule has 0 saturated heterocycles. The van der Waals surface area contributed by atoms with Gasteiger partial charge in [-0.3, -0.25) is 4.79 Å². The lowest BCUT2D eigenvalue weighted by Crippen LogP contribution is -2.27. The Morgan fingerprint density at radius 1 is 0.862 bits per heavy atom. The van der Waals surface area contributed by atoms with Crippen molar-refractivity contribution in [1.29, 1.82) is 0 Å². The Balaban J connectivity index is 1.39. The summed E-state index contributed by atoms with van der Waals surface area (Å²) in [5.74, 6) is 1.35. The van der Waals surface area contributed by atoms with Crippen LogP contribution in [-0.4, -0.2) is 25.7 Å². The summed E-state index contributed by atoms with van der Waals surface area (Å²) in [6.45, 7) is 2.45. The number of nitrogens with one attached hydrogen (secondary N) is 1. The minimum Gasteiger partial charge on any atom is -0.486 e. The number of carbonyl (C=O) groups excluding carboxylic acids is 1. The molecule has 1 aliphatic rings. The summed E-state index contributed by atoms with van der Waals surface area (Å²) in [5.41, 5.74) is 3.03. The van der Waals surface area contributed by atoms with Gasteiger partial charge in [0.2, 0.25) is 5.91 Å². The molecule has 5 heteroatoms. The van der Waals surface area contributed by atoms with Gasteiger partial charge in [0.25, 0.3) is 0 Å². The maximum atomic E-state index is 12.6. The molecular formula is C24H24N2O3. The van der Waals surface area contributed by atoms with E-state index in [-0.39, 0.29) is 5.91 Å². The molecular weight excluding hydrogens is 364 g/mol. The van der Waals surface area contributed by atoms with Gasteiger partial charge < -0.3 is 19.7 Å². The van der Waals surface area contributed by atoms with Crippen molar-refractivity contribution >= 4 is 17.3 Å². The molecule has 3 aromatic carbocycles. The summed E-state index contributed by atoms with van der Waals surface area (Å²) in [6.07, 6.45) is 0.385. The maximum Gasteiger partial charge on any atom is 0.226 e. The minimum atomic E-state index is -0.0318. The van der Waals surface area contributed by atoms with E-state index in [0.717, 1.165) is 12.2 Å². The van der Waals surface area contributed by atoms with E-state index >= 15 is 0 Å². The fourth-order valence-electron chi connectivity index (χ4n) is 3.32. The van der Waals surface area contributed by atoms with Crippen LogP contribution in [0.1, 0.15) is 12.0 Å². The second kappa shape index (κ2) is 9.15. The predicted molar refractivity (Wildman–Crippen MR) is 115 cm³/mol. The van der Waals surface area contributed by atoms with E-state index < -0.39 is 0 Å². The number of amides is 1. The minimum absolute atomic E-state index is 0.0318. The van der Waals surface area contributed by atoms with Gasteiger partial charge in [0, 0.05) is 37.0 Å². The summed E-state index contributed by atoms with van der Waals surface area (Å²) in [5, 5.41) is 2.96. The average Bonchev–Trinajstić information content (AvgIpc) is 2.78. The maximum absolute atomic E-state index is 12.6. The Kier molecular flexibility index (Phi) is 5.95. The lowest BCUT2D eigenvalue weighted by Gasteiger charge is -2.25. The molecule has 0 bridgehead atoms. The van der Waals surface area contributed by atoms with Gasteiger partial charge in [-0.15, -0.1) is 0 Å². The lowest BCUT2D eigenvalue weighted by molar-refractivity contribution is -0.116. The normalized spacial score (nSPS) is 12.3. The Hall–Kier alpha value is -3.47. The van der Waals surface area contributed by atoms with Crippen molar-refractivity contribution in [2.24, 2.45) is 0 Å². The standard InChI is InChI=1S/C24H24N2O3/c27-24(25-20-11-12-22-23(17-20)29-16-15-28-22)13-14-26(21-9-5-2-6-10-21)18-19-7-3-1-4-8-19/h1-12,17H,13-16,18H2,(H,25,27). The number of benzene rings is 3. The van der Waals surface area contributed by atoms with Crippen LogP contribution in [-0.2, 0) is 11.3 Å². The van der Waals surface area contributed by atoms with E-state index in [4.69, 9.17) is 9.47 Å². The smallest absolute Gasteiger partial charge is 0.226 e. The average molecular weight is 388 g/mol. The number of anilines is 2. The van der Waals surface area contributed by atoms with Crippen LogP contribution in [0.25, 0.3) is 0 Å². The van der Waals surface area contributed by atoms with E-state index in [1.807, 2.05) is 54.6 Å². The number of rotatable bonds is 7. The molecule has 1 aliphatic heterocycles. The van der Waals surface area contributed by atoms with Crippen molar-refractivity contribution in [2.75, 3.05) is 30.0 Å². The Morgan fingerprint density at radius 3 is 2.31 bits per heavy atom. The molecule has 0 fully saturated rings. The number of ether oxygens (including phenoxy) is 2. The molecule has 0 aliphatic carbocycles. The monoisotopic (exact) mass is 388 g/mol. The van der Waals surface area contributed by atoms with Crippen LogP contribution in [0.2, 0.25) is 0 Å². The molecule has 3 aromatic rings. The Morgan fingerprint density at radius 2 is 1.55 bits per heavy atom. The largest absolute Gasteiger partial charge is 0.486 e. The highest BCUT2D eigenvalue weighted by molar-refractivity contribution is 5.91. The zero-order chi connectivity index (χ0) is 19.9. The third-order valence-corrected chi connectivity index (χ3v) is 4.77. The second-order valence-electron chi connectivity index (χ2n) is 6.90. The first-order valence-electron chi connectivity index (χ1n) is 9.81. The van der Waals surface area contributed by atoms with Gasteiger partial charge in [0.1, 0.15) is 13.2 Å². The van der Waals surface area contributed by atoms with Crippen LogP contribution in [0.15, 0.2) is 78.9 Å². The van der Waals surface area contributed by atoms with Crippen LogP contribution in [0.3, 0.4) is 0 Å². The molecule has 4 rings (SSSR count). The summed E-state index contributed by atoms with van der Waals surface area (Å²) in [7, 11) is 0. The quantitative estimate of drug-likeness (QED) is 0.648. The molecule has 1 heterocycles. The van der Waals surface area contributed by atoms with Crippen molar-refractivity contribution in [1.82, 2.24) is 0 Å². The van der Waals surface area contributed by atoms with E-state index in [0.29, 0.717) is 43.4 Å². The Labute approximate surface area is 170 Å². The SMILES string of the molecule is O=C(CCN(Cc1ccccc1)c1ccccc1)Nc1ccc2c(c1)OCCO2. The molecule has 29 heavy (non-hydrogen) atoms. The topological polar surface area (TPSA) is 50.8 Å². The fraction of sp³-hybridized carbons (Fsp3) is 0.208. The van der Waals surface area contributed by atoms with Gasteiger partial charge >= 0.3 is 0 Å². The zero-order valence-corrected chi connectivity index (χ0v) is 16.2. The summed E-state index contributed by atoms with van der Waals surface area (Å²) >= 11 is 0. The molecule has 0 spiro atoms. The predicted octanol–water partition coefficient (Wildman–Crippen LogP) is 4.49. The zero-order valence-electron chi connectivity index (χ0n) is 16.2. The molecule has 0 atom stereocenters.